The first-order valence-electron chi connectivity index (χ1n) is 9.57. The number of halogens is 1. The quantitative estimate of drug-likeness (QED) is 0.428. The molecule has 0 fully saturated rings. The van der Waals surface area contributed by atoms with Crippen LogP contribution in [0, 0.1) is 12.7 Å². The van der Waals surface area contributed by atoms with E-state index in [1.807, 2.05) is 25.1 Å². The van der Waals surface area contributed by atoms with Gasteiger partial charge in [0.1, 0.15) is 10.7 Å². The van der Waals surface area contributed by atoms with Crippen LogP contribution in [0.1, 0.15) is 20.8 Å². The van der Waals surface area contributed by atoms with Crippen LogP contribution in [0.5, 0.6) is 0 Å². The maximum Gasteiger partial charge on any atom is 0.348 e. The maximum absolute atomic E-state index is 13.9. The van der Waals surface area contributed by atoms with E-state index in [1.165, 1.54) is 24.5 Å². The highest BCUT2D eigenvalue weighted by Gasteiger charge is 2.15. The lowest BCUT2D eigenvalue weighted by Gasteiger charge is -2.08. The Balaban J connectivity index is 1.53. The number of benzene rings is 2. The number of amides is 1. The first-order chi connectivity index (χ1) is 14.9. The smallest absolute Gasteiger partial charge is 0.348 e. The lowest BCUT2D eigenvalue weighted by molar-refractivity contribution is -0.115. The largest absolute Gasteiger partial charge is 0.465 e. The van der Waals surface area contributed by atoms with Crippen molar-refractivity contribution in [1.29, 1.82) is 0 Å². The topological polar surface area (TPSA) is 68.3 Å². The first kappa shape index (κ1) is 20.7. The zero-order valence-corrected chi connectivity index (χ0v) is 17.8. The molecule has 0 unspecified atom stereocenters. The molecular weight excluding hydrogens is 415 g/mol. The van der Waals surface area contributed by atoms with Crippen LogP contribution >= 0.6 is 11.3 Å². The maximum atomic E-state index is 13.9. The molecule has 2 heterocycles. The number of nitrogens with zero attached hydrogens (tertiary/aromatic N) is 1. The molecule has 0 bridgehead atoms. The molecule has 1 N–H and O–H groups in total. The summed E-state index contributed by atoms with van der Waals surface area (Å²) in [5, 5.41) is 2.80. The molecule has 4 rings (SSSR count). The van der Waals surface area contributed by atoms with E-state index < -0.39 is 5.97 Å². The van der Waals surface area contributed by atoms with E-state index >= 15 is 0 Å². The van der Waals surface area contributed by atoms with Gasteiger partial charge >= 0.3 is 5.97 Å². The highest BCUT2D eigenvalue weighted by Crippen LogP contribution is 2.34. The van der Waals surface area contributed by atoms with Crippen LogP contribution in [-0.4, -0.2) is 24.0 Å². The Bertz CT molecular complexity index is 1280. The summed E-state index contributed by atoms with van der Waals surface area (Å²) in [7, 11) is 1.35. The van der Waals surface area contributed by atoms with E-state index in [9.17, 15) is 14.0 Å². The number of carbonyl (C=O) groups is 2. The highest BCUT2D eigenvalue weighted by atomic mass is 32.1. The van der Waals surface area contributed by atoms with E-state index in [-0.39, 0.29) is 18.1 Å². The summed E-state index contributed by atoms with van der Waals surface area (Å²) in [5.74, 6) is -1.07. The van der Waals surface area contributed by atoms with Crippen molar-refractivity contribution >= 4 is 39.1 Å². The molecule has 0 spiro atoms. The third kappa shape index (κ3) is 4.46. The Morgan fingerprint density at radius 3 is 2.61 bits per heavy atom. The van der Waals surface area contributed by atoms with Crippen LogP contribution in [0.15, 0.2) is 60.8 Å². The first-order valence-corrected chi connectivity index (χ1v) is 10.4. The van der Waals surface area contributed by atoms with Gasteiger partial charge in [0.25, 0.3) is 0 Å². The number of carbonyl (C=O) groups excluding carboxylic acids is 2. The van der Waals surface area contributed by atoms with E-state index in [1.54, 1.807) is 36.5 Å². The number of nitrogens with one attached hydrogen (secondary N) is 1. The van der Waals surface area contributed by atoms with E-state index in [0.717, 1.165) is 26.9 Å². The van der Waals surface area contributed by atoms with Gasteiger partial charge in [-0.25, -0.2) is 9.18 Å². The molecule has 5 nitrogen and oxygen atoms in total. The Hall–Kier alpha value is -3.58. The summed E-state index contributed by atoms with van der Waals surface area (Å²) in [6.45, 7) is 1.86. The Morgan fingerprint density at radius 2 is 1.87 bits per heavy atom. The van der Waals surface area contributed by atoms with Crippen molar-refractivity contribution in [2.24, 2.45) is 0 Å². The summed E-state index contributed by atoms with van der Waals surface area (Å²) in [6, 6.07) is 15.7. The van der Waals surface area contributed by atoms with E-state index in [2.05, 4.69) is 10.3 Å². The number of fused-ring (bicyclic) bond motifs is 1. The minimum atomic E-state index is -0.392. The molecule has 0 aliphatic carbocycles. The number of hydrogen-bond acceptors (Lipinski definition) is 5. The van der Waals surface area contributed by atoms with Gasteiger partial charge in [-0.15, -0.1) is 11.3 Å². The average molecular weight is 434 g/mol. The third-order valence-electron chi connectivity index (χ3n) is 4.83. The molecule has 0 radical (unpaired) electrons. The van der Waals surface area contributed by atoms with Crippen LogP contribution in [0.3, 0.4) is 0 Å². The molecule has 4 aromatic rings. The number of aryl methyl sites for hydroxylation is 1. The van der Waals surface area contributed by atoms with Crippen LogP contribution < -0.4 is 5.32 Å². The number of hydrogen-bond donors (Lipinski definition) is 1. The molecule has 1 amide bonds. The van der Waals surface area contributed by atoms with Gasteiger partial charge in [-0.3, -0.25) is 9.78 Å². The normalized spacial score (nSPS) is 10.8. The van der Waals surface area contributed by atoms with Gasteiger partial charge in [-0.05, 0) is 48.4 Å². The zero-order valence-electron chi connectivity index (χ0n) is 16.9. The van der Waals surface area contributed by atoms with Crippen molar-refractivity contribution in [3.8, 4) is 11.1 Å². The third-order valence-corrected chi connectivity index (χ3v) is 5.97. The fourth-order valence-electron chi connectivity index (χ4n) is 3.32. The van der Waals surface area contributed by atoms with Crippen molar-refractivity contribution in [3.05, 3.63) is 82.6 Å². The van der Waals surface area contributed by atoms with Crippen molar-refractivity contribution in [3.63, 3.8) is 0 Å². The molecule has 0 aliphatic heterocycles. The predicted octanol–water partition coefficient (Wildman–Crippen LogP) is 5.38. The summed E-state index contributed by atoms with van der Waals surface area (Å²) < 4.78 is 19.6. The van der Waals surface area contributed by atoms with Gasteiger partial charge in [0.2, 0.25) is 5.91 Å². The Labute approximate surface area is 182 Å². The number of rotatable bonds is 5. The van der Waals surface area contributed by atoms with Gasteiger partial charge in [0.05, 0.1) is 23.7 Å². The molecule has 2 aromatic carbocycles. The molecule has 7 heteroatoms. The summed E-state index contributed by atoms with van der Waals surface area (Å²) in [5.41, 5.74) is 4.47. The summed E-state index contributed by atoms with van der Waals surface area (Å²) in [4.78, 5) is 29.0. The van der Waals surface area contributed by atoms with Crippen LogP contribution in [0.4, 0.5) is 10.1 Å². The highest BCUT2D eigenvalue weighted by molar-refractivity contribution is 7.21. The molecule has 0 saturated heterocycles. The molecule has 0 atom stereocenters. The fourth-order valence-corrected chi connectivity index (χ4v) is 4.39. The molecule has 0 saturated carbocycles. The van der Waals surface area contributed by atoms with Gasteiger partial charge < -0.3 is 10.1 Å². The number of pyridine rings is 1. The van der Waals surface area contributed by atoms with E-state index in [0.29, 0.717) is 16.1 Å². The van der Waals surface area contributed by atoms with Gasteiger partial charge in [-0.2, -0.15) is 0 Å². The predicted molar refractivity (Wildman–Crippen MR) is 120 cm³/mol. The second kappa shape index (κ2) is 8.65. The Kier molecular flexibility index (Phi) is 5.77. The van der Waals surface area contributed by atoms with Crippen LogP contribution in [-0.2, 0) is 16.0 Å². The number of esters is 1. The lowest BCUT2D eigenvalue weighted by atomic mass is 10.1. The van der Waals surface area contributed by atoms with Crippen LogP contribution in [0.25, 0.3) is 21.3 Å². The second-order valence-corrected chi connectivity index (χ2v) is 8.12. The average Bonchev–Trinajstić information content (AvgIpc) is 3.21. The molecule has 31 heavy (non-hydrogen) atoms. The van der Waals surface area contributed by atoms with Gasteiger partial charge in [0, 0.05) is 17.4 Å². The van der Waals surface area contributed by atoms with Crippen molar-refractivity contribution in [2.45, 2.75) is 13.3 Å². The van der Waals surface area contributed by atoms with Crippen molar-refractivity contribution < 1.29 is 18.7 Å². The van der Waals surface area contributed by atoms with Crippen molar-refractivity contribution in [2.75, 3.05) is 12.4 Å². The second-order valence-electron chi connectivity index (χ2n) is 7.07. The Morgan fingerprint density at radius 1 is 1.10 bits per heavy atom. The molecular formula is C24H19FN2O3S. The summed E-state index contributed by atoms with van der Waals surface area (Å²) in [6.07, 6.45) is 1.66. The molecule has 2 aromatic heterocycles. The molecule has 156 valence electrons. The lowest BCUT2D eigenvalue weighted by Crippen LogP contribution is -2.15. The SMILES string of the molecule is COC(=O)c1cc2nccc(-c3ccc(NC(=O)Cc4cc(C)ccc4F)cc3)c2s1. The monoisotopic (exact) mass is 434 g/mol. The van der Waals surface area contributed by atoms with Gasteiger partial charge in [-0.1, -0.05) is 29.8 Å². The number of thiophene rings is 1. The minimum Gasteiger partial charge on any atom is -0.465 e. The fraction of sp³-hybridized carbons (Fsp3) is 0.125. The number of ether oxygens (including phenoxy) is 1. The van der Waals surface area contributed by atoms with Gasteiger partial charge in [0.15, 0.2) is 0 Å². The zero-order chi connectivity index (χ0) is 22.0. The molecule has 0 aliphatic rings. The standard InChI is InChI=1S/C24H19FN2O3S/c1-14-3-8-19(25)16(11-14)12-22(28)27-17-6-4-15(5-7-17)18-9-10-26-20-13-21(24(29)30-2)31-23(18)20/h3-11,13H,12H2,1-2H3,(H,27,28). The number of methoxy groups -OCH3 is 1. The summed E-state index contributed by atoms with van der Waals surface area (Å²) >= 11 is 1.33. The number of anilines is 1. The minimum absolute atomic E-state index is 0.0360. The van der Waals surface area contributed by atoms with Crippen molar-refractivity contribution in [1.82, 2.24) is 4.98 Å². The number of aromatic nitrogens is 1. The van der Waals surface area contributed by atoms with Crippen LogP contribution in [0.2, 0.25) is 0 Å². The van der Waals surface area contributed by atoms with E-state index in [4.69, 9.17) is 4.74 Å².